The third-order valence-corrected chi connectivity index (χ3v) is 18.5. The number of nitrogens with zero attached hydrogens (tertiary/aromatic N) is 5. The quantitative estimate of drug-likeness (QED) is 0.0522. The third kappa shape index (κ3) is 11.6. The predicted molar refractivity (Wildman–Crippen MR) is 269 cm³/mol. The fourth-order valence-corrected chi connectivity index (χ4v) is 13.2. The van der Waals surface area contributed by atoms with E-state index in [-0.39, 0.29) is 35.6 Å². The van der Waals surface area contributed by atoms with Gasteiger partial charge in [-0.05, 0) is 116 Å². The Morgan fingerprint density at radius 2 is 1.77 bits per heavy atom. The van der Waals surface area contributed by atoms with Gasteiger partial charge in [-0.1, -0.05) is 61.0 Å². The molecule has 66 heavy (non-hydrogen) atoms. The lowest BCUT2D eigenvalue weighted by molar-refractivity contribution is -0.385. The van der Waals surface area contributed by atoms with Crippen molar-refractivity contribution in [2.45, 2.75) is 54.2 Å². The zero-order valence-corrected chi connectivity index (χ0v) is 41.1. The number of rotatable bonds is 15. The van der Waals surface area contributed by atoms with Crippen LogP contribution >= 0.6 is 30.2 Å². The van der Waals surface area contributed by atoms with E-state index in [0.717, 1.165) is 110 Å². The van der Waals surface area contributed by atoms with Crippen LogP contribution in [0.1, 0.15) is 54.6 Å². The van der Waals surface area contributed by atoms with Crippen LogP contribution in [0.3, 0.4) is 0 Å². The summed E-state index contributed by atoms with van der Waals surface area (Å²) < 4.78 is 29.9. The van der Waals surface area contributed by atoms with E-state index in [1.165, 1.54) is 40.6 Å². The van der Waals surface area contributed by atoms with Crippen LogP contribution in [0.25, 0.3) is 16.6 Å². The van der Waals surface area contributed by atoms with Gasteiger partial charge in [0.25, 0.3) is 21.6 Å². The number of sulfonamides is 1. The molecule has 13 nitrogen and oxygen atoms in total. The number of pyridine rings is 1. The van der Waals surface area contributed by atoms with Crippen LogP contribution in [0.2, 0.25) is 5.02 Å². The minimum Gasteiger partial charge on any atom is -0.396 e. The summed E-state index contributed by atoms with van der Waals surface area (Å²) in [7, 11) is -4.55. The van der Waals surface area contributed by atoms with E-state index in [0.29, 0.717) is 17.0 Å². The number of nitrogens with one attached hydrogen (secondary N) is 2. The van der Waals surface area contributed by atoms with E-state index in [9.17, 15) is 28.4 Å². The van der Waals surface area contributed by atoms with Crippen molar-refractivity contribution in [3.8, 4) is 0 Å². The van der Waals surface area contributed by atoms with Crippen molar-refractivity contribution >= 4 is 80.5 Å². The summed E-state index contributed by atoms with van der Waals surface area (Å²) in [6.45, 7) is 12.0. The molecule has 1 aliphatic carbocycles. The Morgan fingerprint density at radius 3 is 2.48 bits per heavy atom. The minimum atomic E-state index is -4.55. The van der Waals surface area contributed by atoms with Gasteiger partial charge in [-0.25, -0.2) is 18.1 Å². The lowest BCUT2D eigenvalue weighted by Crippen LogP contribution is -2.47. The Balaban J connectivity index is 0.993. The fourth-order valence-electron chi connectivity index (χ4n) is 9.30. The van der Waals surface area contributed by atoms with Crippen molar-refractivity contribution in [2.24, 2.45) is 11.3 Å². The first-order valence-electron chi connectivity index (χ1n) is 22.5. The van der Waals surface area contributed by atoms with Gasteiger partial charge >= 0.3 is 0 Å². The Labute approximate surface area is 397 Å². The summed E-state index contributed by atoms with van der Waals surface area (Å²) in [4.78, 5) is 41.4. The molecule has 17 heteroatoms. The van der Waals surface area contributed by atoms with Gasteiger partial charge in [0.05, 0.1) is 15.4 Å². The van der Waals surface area contributed by atoms with Crippen LogP contribution in [-0.4, -0.2) is 128 Å². The van der Waals surface area contributed by atoms with Gasteiger partial charge in [0.15, 0.2) is 0 Å². The van der Waals surface area contributed by atoms with Gasteiger partial charge in [0.2, 0.25) is 0 Å². The highest BCUT2D eigenvalue weighted by molar-refractivity contribution is 7.99. The number of halogens is 1. The average Bonchev–Trinajstić information content (AvgIpc) is 3.76. The molecule has 3 aliphatic rings. The Morgan fingerprint density at radius 1 is 1.03 bits per heavy atom. The maximum atomic E-state index is 14.1. The molecular formula is C49H59ClN7O6PS2. The molecular weight excluding hydrogens is 913 g/mol. The van der Waals surface area contributed by atoms with Crippen LogP contribution in [-0.2, 0) is 16.4 Å². The van der Waals surface area contributed by atoms with E-state index in [4.69, 9.17) is 11.6 Å². The van der Waals surface area contributed by atoms with Crippen LogP contribution in [0.15, 0.2) is 105 Å². The highest BCUT2D eigenvalue weighted by Crippen LogP contribution is 2.44. The molecule has 8 rings (SSSR count). The van der Waals surface area contributed by atoms with Crippen molar-refractivity contribution in [1.82, 2.24) is 24.5 Å². The molecule has 5 aromatic rings. The highest BCUT2D eigenvalue weighted by atomic mass is 35.5. The normalized spacial score (nSPS) is 18.7. The van der Waals surface area contributed by atoms with Crippen molar-refractivity contribution < 1.29 is 23.2 Å². The molecule has 2 fully saturated rings. The number of nitro groups is 1. The number of aliphatic hydroxyl groups is 1. The maximum absolute atomic E-state index is 14.1. The number of piperazine rings is 1. The molecule has 3 N–H and O–H groups in total. The summed E-state index contributed by atoms with van der Waals surface area (Å²) in [6, 6.07) is 21.2. The maximum Gasteiger partial charge on any atom is 0.273 e. The second-order valence-corrected chi connectivity index (χ2v) is 26.5. The number of carbonyl (C=O) groups excluding carboxylic acids is 1. The number of allylic oxidation sites excluding steroid dienone is 1. The molecule has 3 aromatic carbocycles. The fraction of sp³-hybridized carbons (Fsp3) is 0.408. The molecule has 0 bridgehead atoms. The van der Waals surface area contributed by atoms with Gasteiger partial charge in [0.1, 0.15) is 5.65 Å². The van der Waals surface area contributed by atoms with Crippen molar-refractivity contribution in [3.05, 3.63) is 123 Å². The van der Waals surface area contributed by atoms with Gasteiger partial charge in [-0.15, -0.1) is 13.2 Å². The summed E-state index contributed by atoms with van der Waals surface area (Å²) in [5, 5.41) is 24.2. The van der Waals surface area contributed by atoms with Crippen LogP contribution in [0, 0.1) is 21.4 Å². The number of carbonyl (C=O) groups is 1. The lowest BCUT2D eigenvalue weighted by atomic mass is 9.72. The SMILES string of the molecule is C=P1(C)CCN(CC(CO)Cc2ccc(S(=O)(=O)NC(=O)c3ccc(N4CCN(CC5=C(c6ccc(Cl)cc6)CC(C)(C)CC5)CC4)cc3Sc3cnc4[nH]ccc4c3)cc2[N+](=O)[O-])CC1. The molecule has 2 aliphatic heterocycles. The number of nitro benzene ring substituents is 1. The molecule has 0 radical (unpaired) electrons. The van der Waals surface area contributed by atoms with Gasteiger partial charge in [-0.3, -0.25) is 19.8 Å². The largest absolute Gasteiger partial charge is 0.396 e. The highest BCUT2D eigenvalue weighted by Gasteiger charge is 2.31. The number of anilines is 1. The molecule has 1 unspecified atom stereocenters. The first kappa shape index (κ1) is 48.0. The number of hydrogen-bond acceptors (Lipinski definition) is 11. The first-order chi connectivity index (χ1) is 31.4. The third-order valence-electron chi connectivity index (χ3n) is 13.3. The number of aromatic nitrogens is 2. The summed E-state index contributed by atoms with van der Waals surface area (Å²) in [5.41, 5.74) is 6.07. The second kappa shape index (κ2) is 20.0. The number of benzene rings is 3. The van der Waals surface area contributed by atoms with Gasteiger partial charge < -0.3 is 19.9 Å². The van der Waals surface area contributed by atoms with Crippen LogP contribution in [0.4, 0.5) is 11.4 Å². The molecule has 2 aromatic heterocycles. The topological polar surface area (TPSA) is 165 Å². The standard InChI is InChI=1S/C49H59ClN7O6PS2/c1-49(2)15-13-38(44(29-49)35-5-8-39(50)9-6-35)32-54-17-19-56(20-18-54)40-10-12-43(46(27-40)65-41-26-37-14-16-51-47(37)52-30-41)48(59)53-66(62,63)42-11-7-36(45(28-42)57(60)61)25-34(33-58)31-55-21-23-64(3,4)24-22-55/h5-12,14,16,26-28,30,34,58H,3,13,15,17-25,29,31-33H2,1-2,4H3,(H,51,52)(H,53,59). The molecule has 1 atom stereocenters. The zero-order valence-electron chi connectivity index (χ0n) is 37.8. The van der Waals surface area contributed by atoms with Crippen LogP contribution in [0.5, 0.6) is 0 Å². The lowest BCUT2D eigenvalue weighted by Gasteiger charge is -2.39. The molecule has 1 amide bonds. The number of H-pyrrole nitrogens is 1. The van der Waals surface area contributed by atoms with E-state index in [1.807, 2.05) is 36.4 Å². The molecule has 350 valence electrons. The molecule has 2 saturated heterocycles. The number of aromatic amines is 1. The number of hydrogen-bond donors (Lipinski definition) is 3. The Kier molecular flexibility index (Phi) is 14.6. The summed E-state index contributed by atoms with van der Waals surface area (Å²) in [6.07, 6.45) is 13.4. The number of amides is 1. The van der Waals surface area contributed by atoms with Gasteiger partial charge in [0, 0.05) is 109 Å². The van der Waals surface area contributed by atoms with E-state index in [2.05, 4.69) is 68.3 Å². The zero-order chi connectivity index (χ0) is 46.8. The smallest absolute Gasteiger partial charge is 0.273 e. The number of aliphatic hydroxyl groups excluding tert-OH is 1. The van der Waals surface area contributed by atoms with E-state index < -0.39 is 32.6 Å². The van der Waals surface area contributed by atoms with Crippen LogP contribution < -0.4 is 9.62 Å². The van der Waals surface area contributed by atoms with Crippen molar-refractivity contribution in [3.63, 3.8) is 0 Å². The predicted octanol–water partition coefficient (Wildman–Crippen LogP) is 8.73. The monoisotopic (exact) mass is 971 g/mol. The van der Waals surface area contributed by atoms with E-state index >= 15 is 0 Å². The van der Waals surface area contributed by atoms with Crippen molar-refractivity contribution in [2.75, 3.05) is 82.9 Å². The minimum absolute atomic E-state index is 0.137. The number of fused-ring (bicyclic) bond motifs is 1. The first-order valence-corrected chi connectivity index (χ1v) is 28.0. The Bertz CT molecular complexity index is 2800. The summed E-state index contributed by atoms with van der Waals surface area (Å²) in [5.74, 6) is -1.14. The summed E-state index contributed by atoms with van der Waals surface area (Å²) >= 11 is 7.57. The second-order valence-electron chi connectivity index (χ2n) is 19.2. The average molecular weight is 973 g/mol. The molecule has 0 spiro atoms. The Hall–Kier alpha value is -4.47. The molecule has 4 heterocycles. The van der Waals surface area contributed by atoms with E-state index in [1.54, 1.807) is 18.5 Å². The van der Waals surface area contributed by atoms with Gasteiger partial charge in [-0.2, -0.15) is 0 Å². The van der Waals surface area contributed by atoms with Crippen molar-refractivity contribution in [1.29, 1.82) is 0 Å². The molecule has 0 saturated carbocycles.